The largest absolute Gasteiger partial charge is 0.463 e. The third-order valence-electron chi connectivity index (χ3n) is 14.8. The molecule has 0 amide bonds. The van der Waals surface area contributed by atoms with Crippen LogP contribution in [0.5, 0.6) is 0 Å². The fourth-order valence-corrected chi connectivity index (χ4v) is 9.97. The van der Waals surface area contributed by atoms with Crippen LogP contribution in [-0.4, -0.2) is 194 Å². The molecule has 438 valence electrons. The second kappa shape index (κ2) is 36.1. The topological polar surface area (TPSA) is 316 Å². The van der Waals surface area contributed by atoms with Crippen molar-refractivity contribution in [2.24, 2.45) is 0 Å². The Labute approximate surface area is 444 Å². The molecule has 21 heteroatoms. The van der Waals surface area contributed by atoms with Gasteiger partial charge in [0.15, 0.2) is 18.9 Å². The first-order valence-corrected chi connectivity index (χ1v) is 28.6. The van der Waals surface area contributed by atoms with Crippen molar-refractivity contribution in [2.45, 2.75) is 305 Å². The lowest BCUT2D eigenvalue weighted by molar-refractivity contribution is -0.314. The standard InChI is InChI=1S/C54H96O21/c1-4-7-10-13-16-19-22-25-34-28-40(55)67-31-38-44(59)47(62)50(65)53(74-38)71-36(27-24-21-18-15-12-9-6-3)30-42(57)69-33-39-45(60)48(63)51(66)54(75-39)72-35(26-23-20-17-14-11-8-5-2)29-41(56)68-32-37-43(58)46(61)49(64)52(70-34)73-37/h34-39,43-54,58-66H,4-33H2,1-3H3/t34-,35-,36-,37-,38+,39+,43-,44-,45+,46+,47-,48-,49-,50+,51-,52+,53-,54+/m1/s1. The zero-order valence-corrected chi connectivity index (χ0v) is 45.0. The predicted octanol–water partition coefficient (Wildman–Crippen LogP) is 3.80. The molecule has 0 aromatic carbocycles. The normalized spacial score (nSPS) is 36.2. The van der Waals surface area contributed by atoms with Gasteiger partial charge in [0.25, 0.3) is 0 Å². The maximum absolute atomic E-state index is 13.6. The molecule has 0 aromatic rings. The Hall–Kier alpha value is -2.19. The molecule has 4 saturated heterocycles. The Morgan fingerprint density at radius 3 is 0.773 bits per heavy atom. The highest BCUT2D eigenvalue weighted by atomic mass is 16.7. The molecule has 4 rings (SSSR count). The average Bonchev–Trinajstić information content (AvgIpc) is 3.38. The van der Waals surface area contributed by atoms with E-state index in [1.807, 2.05) is 0 Å². The first-order chi connectivity index (χ1) is 36.1. The smallest absolute Gasteiger partial charge is 0.308 e. The van der Waals surface area contributed by atoms with Crippen molar-refractivity contribution in [1.29, 1.82) is 0 Å². The van der Waals surface area contributed by atoms with Crippen LogP contribution in [0, 0.1) is 0 Å². The predicted molar refractivity (Wildman–Crippen MR) is 269 cm³/mol. The Balaban J connectivity index is 1.61. The van der Waals surface area contributed by atoms with Crippen molar-refractivity contribution < 1.29 is 103 Å². The molecule has 4 fully saturated rings. The Bertz CT molecular complexity index is 1380. The van der Waals surface area contributed by atoms with E-state index in [0.717, 1.165) is 116 Å². The zero-order chi connectivity index (χ0) is 54.7. The summed E-state index contributed by atoms with van der Waals surface area (Å²) in [4.78, 5) is 40.7. The summed E-state index contributed by atoms with van der Waals surface area (Å²) in [6.07, 6.45) is -8.42. The third-order valence-corrected chi connectivity index (χ3v) is 14.8. The van der Waals surface area contributed by atoms with Crippen LogP contribution in [0.15, 0.2) is 0 Å². The minimum atomic E-state index is -1.82. The molecule has 0 aliphatic carbocycles. The number of aliphatic hydroxyl groups excluding tert-OH is 9. The van der Waals surface area contributed by atoms with Gasteiger partial charge in [0.1, 0.15) is 93.1 Å². The summed E-state index contributed by atoms with van der Waals surface area (Å²) >= 11 is 0. The number of esters is 3. The number of hydrogen-bond acceptors (Lipinski definition) is 21. The molecule has 9 N–H and O–H groups in total. The van der Waals surface area contributed by atoms with E-state index >= 15 is 0 Å². The van der Waals surface area contributed by atoms with E-state index in [1.54, 1.807) is 0 Å². The minimum absolute atomic E-state index is 0.288. The lowest BCUT2D eigenvalue weighted by Gasteiger charge is -2.41. The fourth-order valence-electron chi connectivity index (χ4n) is 9.97. The van der Waals surface area contributed by atoms with E-state index in [9.17, 15) is 60.3 Å². The van der Waals surface area contributed by atoms with Gasteiger partial charge in [0.05, 0.1) is 37.6 Å². The van der Waals surface area contributed by atoms with Gasteiger partial charge >= 0.3 is 17.9 Å². The third kappa shape index (κ3) is 22.8. The van der Waals surface area contributed by atoms with Gasteiger partial charge < -0.3 is 88.6 Å². The summed E-state index contributed by atoms with van der Waals surface area (Å²) < 4.78 is 52.9. The van der Waals surface area contributed by atoms with E-state index in [4.69, 9.17) is 42.6 Å². The van der Waals surface area contributed by atoms with Crippen molar-refractivity contribution >= 4 is 17.9 Å². The maximum Gasteiger partial charge on any atom is 0.308 e. The van der Waals surface area contributed by atoms with E-state index in [1.165, 1.54) is 0 Å². The summed E-state index contributed by atoms with van der Waals surface area (Å²) in [5.41, 5.74) is 0. The van der Waals surface area contributed by atoms with Crippen molar-refractivity contribution in [3.8, 4) is 0 Å². The van der Waals surface area contributed by atoms with Crippen LogP contribution in [0.4, 0.5) is 0 Å². The Kier molecular flexibility index (Phi) is 31.5. The van der Waals surface area contributed by atoms with Gasteiger partial charge in [-0.3, -0.25) is 14.4 Å². The molecule has 75 heavy (non-hydrogen) atoms. The van der Waals surface area contributed by atoms with Crippen LogP contribution in [-0.2, 0) is 57.0 Å². The number of carbonyl (C=O) groups is 3. The number of carbonyl (C=O) groups excluding carboxylic acids is 3. The van der Waals surface area contributed by atoms with Crippen LogP contribution < -0.4 is 0 Å². The van der Waals surface area contributed by atoms with E-state index in [2.05, 4.69) is 20.8 Å². The van der Waals surface area contributed by atoms with Crippen LogP contribution in [0.2, 0.25) is 0 Å². The van der Waals surface area contributed by atoms with Crippen LogP contribution in [0.1, 0.15) is 194 Å². The molecule has 0 saturated carbocycles. The van der Waals surface area contributed by atoms with Gasteiger partial charge in [-0.25, -0.2) is 0 Å². The monoisotopic (exact) mass is 1080 g/mol. The minimum Gasteiger partial charge on any atom is -0.463 e. The highest BCUT2D eigenvalue weighted by Gasteiger charge is 2.49. The van der Waals surface area contributed by atoms with Gasteiger partial charge in [0.2, 0.25) is 0 Å². The van der Waals surface area contributed by atoms with Gasteiger partial charge in [0, 0.05) is 0 Å². The molecule has 4 heterocycles. The van der Waals surface area contributed by atoms with Crippen molar-refractivity contribution in [3.63, 3.8) is 0 Å². The van der Waals surface area contributed by atoms with Gasteiger partial charge in [-0.05, 0) is 19.3 Å². The maximum atomic E-state index is 13.6. The summed E-state index contributed by atoms with van der Waals surface area (Å²) in [5, 5.41) is 99.2. The molecular formula is C54H96O21. The van der Waals surface area contributed by atoms with Crippen LogP contribution in [0.25, 0.3) is 0 Å². The second-order valence-electron chi connectivity index (χ2n) is 21.2. The van der Waals surface area contributed by atoms with E-state index in [0.29, 0.717) is 19.3 Å². The number of fused-ring (bicyclic) bond motifs is 6. The molecular weight excluding hydrogens is 985 g/mol. The molecule has 4 aliphatic heterocycles. The number of aliphatic hydroxyl groups is 9. The van der Waals surface area contributed by atoms with Crippen molar-refractivity contribution in [1.82, 2.24) is 0 Å². The molecule has 18 atom stereocenters. The molecule has 0 aromatic heterocycles. The second-order valence-corrected chi connectivity index (χ2v) is 21.2. The lowest BCUT2D eigenvalue weighted by Crippen LogP contribution is -2.60. The number of hydrogen-bond donors (Lipinski definition) is 9. The summed E-state index contributed by atoms with van der Waals surface area (Å²) in [5.74, 6) is -2.47. The Morgan fingerprint density at radius 2 is 0.533 bits per heavy atom. The van der Waals surface area contributed by atoms with Crippen LogP contribution >= 0.6 is 0 Å². The summed E-state index contributed by atoms with van der Waals surface area (Å²) in [7, 11) is 0. The summed E-state index contributed by atoms with van der Waals surface area (Å²) in [6.45, 7) is 4.57. The SMILES string of the molecule is CCCCCCCCC[C@@H]1CC(=O)OC[C@@H]2O[C@H](O[C@H](CCCCCCCCC)CC(=O)OC[C@H]3O[C@H](O[C@H](CCCCCCCCC)CC(=O)OC[C@@H]4O[C@@H](O1)[C@@H](O)[C@H](O)[C@@H]4O)[C@H](O)[C@@H](O)[C@@H]3O)[C@H](O)[C@H](O)[C@H]2O. The number of unbranched alkanes of at least 4 members (excludes halogenated alkanes) is 18. The van der Waals surface area contributed by atoms with E-state index < -0.39 is 167 Å². The average molecular weight is 1080 g/mol. The lowest BCUT2D eigenvalue weighted by atomic mass is 9.98. The molecule has 6 bridgehead atoms. The number of cyclic esters (lactones) is 3. The van der Waals surface area contributed by atoms with Crippen molar-refractivity contribution in [2.75, 3.05) is 19.8 Å². The van der Waals surface area contributed by atoms with Gasteiger partial charge in [-0.15, -0.1) is 0 Å². The molecule has 21 nitrogen and oxygen atoms in total. The van der Waals surface area contributed by atoms with Crippen LogP contribution in [0.3, 0.4) is 0 Å². The first kappa shape index (κ1) is 65.3. The highest BCUT2D eigenvalue weighted by Crippen LogP contribution is 2.30. The molecule has 0 radical (unpaired) electrons. The molecule has 4 aliphatic rings. The number of ether oxygens (including phenoxy) is 9. The molecule has 0 spiro atoms. The highest BCUT2D eigenvalue weighted by molar-refractivity contribution is 5.70. The Morgan fingerprint density at radius 1 is 0.307 bits per heavy atom. The van der Waals surface area contributed by atoms with Gasteiger partial charge in [-0.2, -0.15) is 0 Å². The van der Waals surface area contributed by atoms with Crippen molar-refractivity contribution in [3.05, 3.63) is 0 Å². The zero-order valence-electron chi connectivity index (χ0n) is 45.0. The van der Waals surface area contributed by atoms with E-state index in [-0.39, 0.29) is 19.3 Å². The fraction of sp³-hybridized carbons (Fsp3) is 0.944. The summed E-state index contributed by atoms with van der Waals surface area (Å²) in [6, 6.07) is 0. The number of rotatable bonds is 24. The first-order valence-electron chi connectivity index (χ1n) is 28.6. The molecule has 0 unspecified atom stereocenters. The van der Waals surface area contributed by atoms with Gasteiger partial charge in [-0.1, -0.05) is 156 Å². The quantitative estimate of drug-likeness (QED) is 0.0377.